The highest BCUT2D eigenvalue weighted by Crippen LogP contribution is 2.30. The molecule has 3 nitrogen and oxygen atoms in total. The molecule has 0 fully saturated rings. The number of hydrogen-bond acceptors (Lipinski definition) is 3. The maximum Gasteiger partial charge on any atom is 0.250 e. The lowest BCUT2D eigenvalue weighted by molar-refractivity contribution is -0.111. The van der Waals surface area contributed by atoms with Crippen LogP contribution in [-0.2, 0) is 4.79 Å². The van der Waals surface area contributed by atoms with Gasteiger partial charge in [-0.1, -0.05) is 68.4 Å². The maximum absolute atomic E-state index is 12.2. The Morgan fingerprint density at radius 1 is 1.08 bits per heavy atom. The molecule has 0 radical (unpaired) electrons. The van der Waals surface area contributed by atoms with Crippen LogP contribution in [0.1, 0.15) is 35.8 Å². The second kappa shape index (κ2) is 8.11. The van der Waals surface area contributed by atoms with E-state index in [1.165, 1.54) is 16.9 Å². The first-order valence-corrected chi connectivity index (χ1v) is 9.46. The van der Waals surface area contributed by atoms with E-state index < -0.39 is 0 Å². The Labute approximate surface area is 158 Å². The van der Waals surface area contributed by atoms with E-state index in [1.54, 1.807) is 6.08 Å². The molecule has 0 atom stereocenters. The van der Waals surface area contributed by atoms with Gasteiger partial charge in [0, 0.05) is 16.5 Å². The van der Waals surface area contributed by atoms with Gasteiger partial charge in [0.2, 0.25) is 5.91 Å². The van der Waals surface area contributed by atoms with Crippen LogP contribution in [0.5, 0.6) is 0 Å². The van der Waals surface area contributed by atoms with Crippen molar-refractivity contribution in [3.8, 4) is 11.3 Å². The third-order valence-corrected chi connectivity index (χ3v) is 4.99. The van der Waals surface area contributed by atoms with E-state index in [4.69, 9.17) is 0 Å². The Balaban J connectivity index is 1.67. The van der Waals surface area contributed by atoms with E-state index in [-0.39, 0.29) is 5.91 Å². The summed E-state index contributed by atoms with van der Waals surface area (Å²) in [5.74, 6) is 0.328. The summed E-state index contributed by atoms with van der Waals surface area (Å²) in [5.41, 5.74) is 4.27. The number of amides is 1. The van der Waals surface area contributed by atoms with Gasteiger partial charge in [0.1, 0.15) is 0 Å². The predicted molar refractivity (Wildman–Crippen MR) is 110 cm³/mol. The zero-order chi connectivity index (χ0) is 18.5. The van der Waals surface area contributed by atoms with E-state index in [0.717, 1.165) is 21.7 Å². The van der Waals surface area contributed by atoms with E-state index in [1.807, 2.05) is 55.5 Å². The van der Waals surface area contributed by atoms with Gasteiger partial charge in [-0.2, -0.15) is 0 Å². The summed E-state index contributed by atoms with van der Waals surface area (Å²) < 4.78 is 0. The van der Waals surface area contributed by atoms with Crippen molar-refractivity contribution >= 4 is 28.5 Å². The largest absolute Gasteiger partial charge is 0.298 e. The zero-order valence-electron chi connectivity index (χ0n) is 15.2. The smallest absolute Gasteiger partial charge is 0.250 e. The van der Waals surface area contributed by atoms with Crippen molar-refractivity contribution in [2.24, 2.45) is 0 Å². The predicted octanol–water partition coefficient (Wildman–Crippen LogP) is 5.89. The second-order valence-electron chi connectivity index (χ2n) is 6.43. The molecule has 26 heavy (non-hydrogen) atoms. The highest BCUT2D eigenvalue weighted by Gasteiger charge is 2.10. The molecular weight excluding hydrogens is 340 g/mol. The first-order valence-electron chi connectivity index (χ1n) is 8.65. The number of hydrogen-bond donors (Lipinski definition) is 1. The quantitative estimate of drug-likeness (QED) is 0.575. The lowest BCUT2D eigenvalue weighted by atomic mass is 10.0. The summed E-state index contributed by atoms with van der Waals surface area (Å²) in [6.45, 7) is 6.35. The Bertz CT molecular complexity index is 909. The first kappa shape index (κ1) is 18.1. The zero-order valence-corrected chi connectivity index (χ0v) is 16.0. The molecular formula is C22H22N2OS. The number of benzene rings is 2. The van der Waals surface area contributed by atoms with Crippen molar-refractivity contribution in [3.05, 3.63) is 76.7 Å². The van der Waals surface area contributed by atoms with Crippen molar-refractivity contribution < 1.29 is 4.79 Å². The Hall–Kier alpha value is -2.72. The van der Waals surface area contributed by atoms with Gasteiger partial charge in [-0.05, 0) is 30.0 Å². The van der Waals surface area contributed by atoms with Crippen LogP contribution in [0.15, 0.2) is 60.7 Å². The van der Waals surface area contributed by atoms with Crippen molar-refractivity contribution in [2.75, 3.05) is 5.32 Å². The van der Waals surface area contributed by atoms with Gasteiger partial charge >= 0.3 is 0 Å². The third-order valence-electron chi connectivity index (χ3n) is 4.10. The molecule has 4 heteroatoms. The Morgan fingerprint density at radius 2 is 1.77 bits per heavy atom. The minimum atomic E-state index is -0.175. The molecule has 3 aromatic rings. The molecule has 1 amide bonds. The van der Waals surface area contributed by atoms with E-state index >= 15 is 0 Å². The summed E-state index contributed by atoms with van der Waals surface area (Å²) >= 11 is 1.49. The molecule has 1 heterocycles. The number of aromatic nitrogens is 1. The highest BCUT2D eigenvalue weighted by atomic mass is 32.1. The van der Waals surface area contributed by atoms with Crippen molar-refractivity contribution in [3.63, 3.8) is 0 Å². The second-order valence-corrected chi connectivity index (χ2v) is 7.64. The monoisotopic (exact) mass is 362 g/mol. The molecule has 132 valence electrons. The molecule has 3 rings (SSSR count). The van der Waals surface area contributed by atoms with Crippen LogP contribution >= 0.6 is 11.3 Å². The molecule has 0 aliphatic carbocycles. The fourth-order valence-corrected chi connectivity index (χ4v) is 3.46. The van der Waals surface area contributed by atoms with E-state index in [9.17, 15) is 4.79 Å². The lowest BCUT2D eigenvalue weighted by Crippen LogP contribution is -2.07. The number of anilines is 1. The van der Waals surface area contributed by atoms with Crippen molar-refractivity contribution in [1.29, 1.82) is 0 Å². The summed E-state index contributed by atoms with van der Waals surface area (Å²) in [4.78, 5) is 17.8. The molecule has 0 unspecified atom stereocenters. The van der Waals surface area contributed by atoms with Gasteiger partial charge in [0.05, 0.1) is 5.69 Å². The average molecular weight is 362 g/mol. The summed E-state index contributed by atoms with van der Waals surface area (Å²) in [6.07, 6.45) is 3.36. The van der Waals surface area contributed by atoms with Gasteiger partial charge in [0.25, 0.3) is 0 Å². The lowest BCUT2D eigenvalue weighted by Gasteiger charge is -2.04. The molecule has 0 aliphatic rings. The fraction of sp³-hybridized carbons (Fsp3) is 0.182. The molecule has 2 aromatic carbocycles. The van der Waals surface area contributed by atoms with Gasteiger partial charge < -0.3 is 0 Å². The maximum atomic E-state index is 12.2. The molecule has 0 saturated carbocycles. The van der Waals surface area contributed by atoms with Gasteiger partial charge in [-0.25, -0.2) is 4.98 Å². The number of rotatable bonds is 5. The number of aryl methyl sites for hydroxylation is 1. The van der Waals surface area contributed by atoms with Crippen LogP contribution in [0.2, 0.25) is 0 Å². The van der Waals surface area contributed by atoms with Crippen LogP contribution in [-0.4, -0.2) is 10.9 Å². The van der Waals surface area contributed by atoms with Gasteiger partial charge in [-0.15, -0.1) is 11.3 Å². The Morgan fingerprint density at radius 3 is 2.42 bits per heavy atom. The Kier molecular flexibility index (Phi) is 5.64. The highest BCUT2D eigenvalue weighted by molar-refractivity contribution is 7.16. The third kappa shape index (κ3) is 4.46. The standard InChI is InChI=1S/C22H22N2OS/c1-15(2)18-12-9-17(10-13-18)11-14-20(25)23-22-24-21(16(3)26-22)19-7-5-4-6-8-19/h4-15H,1-3H3,(H,23,24,25)/b14-11+. The fourth-order valence-electron chi connectivity index (χ4n) is 2.62. The number of nitrogens with one attached hydrogen (secondary N) is 1. The summed E-state index contributed by atoms with van der Waals surface area (Å²) in [5, 5.41) is 3.47. The van der Waals surface area contributed by atoms with Crippen LogP contribution in [0, 0.1) is 6.92 Å². The minimum absolute atomic E-state index is 0.175. The van der Waals surface area contributed by atoms with E-state index in [2.05, 4.69) is 36.3 Å². The summed E-state index contributed by atoms with van der Waals surface area (Å²) in [6, 6.07) is 18.2. The molecule has 0 spiro atoms. The number of thiazole rings is 1. The van der Waals surface area contributed by atoms with Crippen molar-refractivity contribution in [1.82, 2.24) is 4.98 Å². The molecule has 0 bridgehead atoms. The summed E-state index contributed by atoms with van der Waals surface area (Å²) in [7, 11) is 0. The number of nitrogens with zero attached hydrogens (tertiary/aromatic N) is 1. The number of carbonyl (C=O) groups excluding carboxylic acids is 1. The van der Waals surface area contributed by atoms with E-state index in [0.29, 0.717) is 11.0 Å². The topological polar surface area (TPSA) is 42.0 Å². The van der Waals surface area contributed by atoms with Crippen LogP contribution in [0.25, 0.3) is 17.3 Å². The SMILES string of the molecule is Cc1sc(NC(=O)/C=C/c2ccc(C(C)C)cc2)nc1-c1ccccc1. The number of carbonyl (C=O) groups is 1. The molecule has 1 N–H and O–H groups in total. The van der Waals surface area contributed by atoms with Crippen LogP contribution in [0.4, 0.5) is 5.13 Å². The normalized spacial score (nSPS) is 11.2. The first-order chi connectivity index (χ1) is 12.5. The molecule has 1 aromatic heterocycles. The van der Waals surface area contributed by atoms with Gasteiger partial charge in [0.15, 0.2) is 5.13 Å². The minimum Gasteiger partial charge on any atom is -0.298 e. The van der Waals surface area contributed by atoms with Crippen LogP contribution < -0.4 is 5.32 Å². The average Bonchev–Trinajstić information content (AvgIpc) is 3.01. The molecule has 0 saturated heterocycles. The molecule has 0 aliphatic heterocycles. The van der Waals surface area contributed by atoms with Gasteiger partial charge in [-0.3, -0.25) is 10.1 Å². The van der Waals surface area contributed by atoms with Crippen molar-refractivity contribution in [2.45, 2.75) is 26.7 Å². The van der Waals surface area contributed by atoms with Crippen LogP contribution in [0.3, 0.4) is 0 Å².